The lowest BCUT2D eigenvalue weighted by atomic mass is 10.0. The summed E-state index contributed by atoms with van der Waals surface area (Å²) in [6.45, 7) is 9.06. The molecule has 0 saturated heterocycles. The number of rotatable bonds is 54. The minimum absolute atomic E-state index is 0.0618. The smallest absolute Gasteiger partial charge is 0.306 e. The highest BCUT2D eigenvalue weighted by Gasteiger charge is 2.19. The van der Waals surface area contributed by atoms with Crippen molar-refractivity contribution in [1.82, 2.24) is 0 Å². The molecule has 0 aromatic carbocycles. The molecule has 0 saturated carbocycles. The second-order valence-corrected chi connectivity index (χ2v) is 20.8. The van der Waals surface area contributed by atoms with Crippen LogP contribution < -0.4 is 0 Å². The maximum absolute atomic E-state index is 12.9. The van der Waals surface area contributed by atoms with Crippen LogP contribution >= 0.6 is 0 Å². The summed E-state index contributed by atoms with van der Waals surface area (Å²) in [6.07, 6.45) is 58.1. The first-order chi connectivity index (χ1) is 31.9. The van der Waals surface area contributed by atoms with Crippen LogP contribution in [0.2, 0.25) is 0 Å². The van der Waals surface area contributed by atoms with Gasteiger partial charge in [0.25, 0.3) is 0 Å². The lowest BCUT2D eigenvalue weighted by Gasteiger charge is -2.18. The second-order valence-electron chi connectivity index (χ2n) is 20.8. The van der Waals surface area contributed by atoms with Crippen molar-refractivity contribution in [2.75, 3.05) is 13.2 Å². The number of hydrogen-bond acceptors (Lipinski definition) is 6. The summed E-state index contributed by atoms with van der Waals surface area (Å²) >= 11 is 0. The van der Waals surface area contributed by atoms with Gasteiger partial charge in [-0.1, -0.05) is 297 Å². The predicted molar refractivity (Wildman–Crippen MR) is 280 cm³/mol. The highest BCUT2D eigenvalue weighted by molar-refractivity contribution is 5.71. The Balaban J connectivity index is 4.29. The van der Waals surface area contributed by atoms with Crippen molar-refractivity contribution in [1.29, 1.82) is 0 Å². The number of carbonyl (C=O) groups is 3. The molecule has 1 atom stereocenters. The van der Waals surface area contributed by atoms with Gasteiger partial charge in [0.15, 0.2) is 6.10 Å². The van der Waals surface area contributed by atoms with E-state index >= 15 is 0 Å². The van der Waals surface area contributed by atoms with Crippen LogP contribution in [0.25, 0.3) is 0 Å². The van der Waals surface area contributed by atoms with Crippen molar-refractivity contribution in [2.24, 2.45) is 5.92 Å². The molecule has 0 spiro atoms. The van der Waals surface area contributed by atoms with E-state index < -0.39 is 6.10 Å². The van der Waals surface area contributed by atoms with Gasteiger partial charge in [0, 0.05) is 19.3 Å². The molecule has 0 aliphatic carbocycles. The third-order valence-electron chi connectivity index (χ3n) is 13.5. The maximum atomic E-state index is 12.9. The third kappa shape index (κ3) is 53.2. The first-order valence-electron chi connectivity index (χ1n) is 29.4. The second kappa shape index (κ2) is 53.4. The van der Waals surface area contributed by atoms with Gasteiger partial charge in [-0.15, -0.1) is 0 Å². The van der Waals surface area contributed by atoms with E-state index in [2.05, 4.69) is 27.7 Å². The van der Waals surface area contributed by atoms with Gasteiger partial charge < -0.3 is 14.2 Å². The highest BCUT2D eigenvalue weighted by atomic mass is 16.6. The normalized spacial score (nSPS) is 12.0. The summed E-state index contributed by atoms with van der Waals surface area (Å²) in [5, 5.41) is 0. The van der Waals surface area contributed by atoms with Gasteiger partial charge in [-0.25, -0.2) is 0 Å². The number of unbranched alkanes of at least 4 members (excludes halogenated alkanes) is 41. The van der Waals surface area contributed by atoms with Crippen molar-refractivity contribution < 1.29 is 28.6 Å². The van der Waals surface area contributed by atoms with E-state index in [0.29, 0.717) is 19.3 Å². The third-order valence-corrected chi connectivity index (χ3v) is 13.5. The van der Waals surface area contributed by atoms with Gasteiger partial charge in [-0.3, -0.25) is 14.4 Å². The molecule has 0 fully saturated rings. The Morgan fingerprint density at radius 3 is 0.754 bits per heavy atom. The average molecular weight is 920 g/mol. The largest absolute Gasteiger partial charge is 0.462 e. The molecule has 0 aromatic heterocycles. The van der Waals surface area contributed by atoms with Crippen LogP contribution in [0, 0.1) is 5.92 Å². The van der Waals surface area contributed by atoms with Crippen LogP contribution in [0.15, 0.2) is 0 Å². The Bertz CT molecular complexity index is 980. The monoisotopic (exact) mass is 919 g/mol. The quantitative estimate of drug-likeness (QED) is 0.0344. The number of hydrogen-bond donors (Lipinski definition) is 0. The Labute approximate surface area is 406 Å². The van der Waals surface area contributed by atoms with E-state index in [1.807, 2.05) is 0 Å². The molecule has 0 N–H and O–H groups in total. The Kier molecular flexibility index (Phi) is 52.1. The molecule has 6 heteroatoms. The molecular formula is C59H114O6. The van der Waals surface area contributed by atoms with Crippen molar-refractivity contribution >= 4 is 17.9 Å². The van der Waals surface area contributed by atoms with Gasteiger partial charge in [-0.2, -0.15) is 0 Å². The minimum Gasteiger partial charge on any atom is -0.462 e. The van der Waals surface area contributed by atoms with Gasteiger partial charge in [0.1, 0.15) is 13.2 Å². The molecule has 0 aromatic rings. The molecule has 0 radical (unpaired) electrons. The molecule has 0 bridgehead atoms. The van der Waals surface area contributed by atoms with Crippen molar-refractivity contribution in [3.63, 3.8) is 0 Å². The van der Waals surface area contributed by atoms with Gasteiger partial charge in [-0.05, 0) is 25.2 Å². The van der Waals surface area contributed by atoms with Crippen molar-refractivity contribution in [2.45, 2.75) is 342 Å². The van der Waals surface area contributed by atoms with Crippen LogP contribution in [-0.4, -0.2) is 37.2 Å². The molecule has 0 heterocycles. The molecule has 0 amide bonds. The zero-order valence-electron chi connectivity index (χ0n) is 44.5. The maximum Gasteiger partial charge on any atom is 0.306 e. The average Bonchev–Trinajstić information content (AvgIpc) is 3.29. The lowest BCUT2D eigenvalue weighted by Crippen LogP contribution is -2.30. The molecule has 0 aliphatic heterocycles. The van der Waals surface area contributed by atoms with Crippen molar-refractivity contribution in [3.05, 3.63) is 0 Å². The summed E-state index contributed by atoms with van der Waals surface area (Å²) < 4.78 is 16.9. The summed E-state index contributed by atoms with van der Waals surface area (Å²) in [5.74, 6) is -0.00748. The summed E-state index contributed by atoms with van der Waals surface area (Å²) in [7, 11) is 0. The zero-order valence-corrected chi connectivity index (χ0v) is 44.5. The first-order valence-corrected chi connectivity index (χ1v) is 29.4. The van der Waals surface area contributed by atoms with E-state index in [0.717, 1.165) is 63.7 Å². The molecule has 0 unspecified atom stereocenters. The summed E-state index contributed by atoms with van der Waals surface area (Å²) in [6, 6.07) is 0. The Morgan fingerprint density at radius 2 is 0.508 bits per heavy atom. The molecule has 0 rings (SSSR count). The molecule has 0 aliphatic rings. The SMILES string of the molecule is CCCCCCCCCCCCCCCCCCCC(=O)OC[C@@H](COC(=O)CCCCCCCCCCCCCC(C)C)OC(=O)CCCCCCCCCCCCCCCCCC. The van der Waals surface area contributed by atoms with Crippen LogP contribution in [0.5, 0.6) is 0 Å². The summed E-state index contributed by atoms with van der Waals surface area (Å²) in [5.41, 5.74) is 0. The highest BCUT2D eigenvalue weighted by Crippen LogP contribution is 2.18. The van der Waals surface area contributed by atoms with E-state index in [9.17, 15) is 14.4 Å². The topological polar surface area (TPSA) is 78.9 Å². The first kappa shape index (κ1) is 63.4. The minimum atomic E-state index is -0.762. The Hall–Kier alpha value is -1.59. The number of esters is 3. The van der Waals surface area contributed by atoms with Crippen LogP contribution in [0.1, 0.15) is 336 Å². The van der Waals surface area contributed by atoms with Gasteiger partial charge >= 0.3 is 17.9 Å². The van der Waals surface area contributed by atoms with Gasteiger partial charge in [0.05, 0.1) is 0 Å². The number of ether oxygens (including phenoxy) is 3. The van der Waals surface area contributed by atoms with Gasteiger partial charge in [0.2, 0.25) is 0 Å². The standard InChI is InChI=1S/C59H114O6/c1-5-7-9-11-13-15-17-19-21-23-25-26-30-34-38-42-46-50-57(60)63-53-56(54-64-58(61)51-47-43-39-35-32-28-29-33-37-41-45-49-55(3)4)65-59(62)52-48-44-40-36-31-27-24-22-20-18-16-14-12-10-8-6-2/h55-56H,5-54H2,1-4H3/t56-/m0/s1. The molecule has 386 valence electrons. The summed E-state index contributed by atoms with van der Waals surface area (Å²) in [4.78, 5) is 38.2. The predicted octanol–water partition coefficient (Wildman–Crippen LogP) is 19.4. The fourth-order valence-corrected chi connectivity index (χ4v) is 9.10. The van der Waals surface area contributed by atoms with E-state index in [4.69, 9.17) is 14.2 Å². The van der Waals surface area contributed by atoms with Crippen LogP contribution in [0.4, 0.5) is 0 Å². The fraction of sp³-hybridized carbons (Fsp3) is 0.949. The molecule has 65 heavy (non-hydrogen) atoms. The number of carbonyl (C=O) groups excluding carboxylic acids is 3. The molecule has 6 nitrogen and oxygen atoms in total. The zero-order chi connectivity index (χ0) is 47.4. The lowest BCUT2D eigenvalue weighted by molar-refractivity contribution is -0.167. The Morgan fingerprint density at radius 1 is 0.292 bits per heavy atom. The van der Waals surface area contributed by atoms with E-state index in [1.54, 1.807) is 0 Å². The van der Waals surface area contributed by atoms with Crippen LogP contribution in [0.3, 0.4) is 0 Å². The van der Waals surface area contributed by atoms with Crippen LogP contribution in [-0.2, 0) is 28.6 Å². The fourth-order valence-electron chi connectivity index (χ4n) is 9.10. The molecular weight excluding hydrogens is 805 g/mol. The van der Waals surface area contributed by atoms with E-state index in [1.165, 1.54) is 231 Å². The van der Waals surface area contributed by atoms with Crippen molar-refractivity contribution in [3.8, 4) is 0 Å². The van der Waals surface area contributed by atoms with E-state index in [-0.39, 0.29) is 31.1 Å².